The van der Waals surface area contributed by atoms with Crippen LogP contribution < -0.4 is 5.32 Å². The minimum Gasteiger partial charge on any atom is -0.462 e. The number of imidazole rings is 1. The van der Waals surface area contributed by atoms with E-state index in [4.69, 9.17) is 9.47 Å². The number of hydrogen-bond donors (Lipinski definition) is 1. The van der Waals surface area contributed by atoms with E-state index in [0.717, 1.165) is 23.3 Å². The van der Waals surface area contributed by atoms with Crippen molar-refractivity contribution in [1.29, 1.82) is 0 Å². The number of halogens is 3. The number of nitrogens with one attached hydrogen (secondary N) is 1. The van der Waals surface area contributed by atoms with Crippen molar-refractivity contribution in [1.82, 2.24) is 9.55 Å². The number of anilines is 1. The molecule has 0 saturated heterocycles. The minimum absolute atomic E-state index is 0.0811. The van der Waals surface area contributed by atoms with E-state index in [1.165, 1.54) is 35.6 Å². The van der Waals surface area contributed by atoms with Gasteiger partial charge in [0.25, 0.3) is 5.91 Å². The smallest absolute Gasteiger partial charge is 0.449 e. The van der Waals surface area contributed by atoms with Crippen LogP contribution in [0.2, 0.25) is 0 Å². The largest absolute Gasteiger partial charge is 0.462 e. The summed E-state index contributed by atoms with van der Waals surface area (Å²) in [5.74, 6) is -3.53. The predicted octanol–water partition coefficient (Wildman–Crippen LogP) is 3.96. The number of carbonyl (C=O) groups excluding carboxylic acids is 3. The summed E-state index contributed by atoms with van der Waals surface area (Å²) in [6.07, 6.45) is -2.38. The summed E-state index contributed by atoms with van der Waals surface area (Å²) in [6, 6.07) is 5.87. The number of para-hydroxylation sites is 2. The molecule has 8 nitrogen and oxygen atoms in total. The molecule has 1 N–H and O–H groups in total. The van der Waals surface area contributed by atoms with Gasteiger partial charge in [0, 0.05) is 4.88 Å². The maximum atomic E-state index is 13.4. The van der Waals surface area contributed by atoms with Crippen LogP contribution >= 0.6 is 11.3 Å². The van der Waals surface area contributed by atoms with Crippen LogP contribution in [0.25, 0.3) is 11.0 Å². The minimum atomic E-state index is -4.78. The van der Waals surface area contributed by atoms with Crippen LogP contribution in [0.1, 0.15) is 40.0 Å². The molecule has 4 rings (SSSR count). The summed E-state index contributed by atoms with van der Waals surface area (Å²) in [5.41, 5.74) is 1.35. The zero-order valence-corrected chi connectivity index (χ0v) is 18.8. The number of ether oxygens (including phenoxy) is 2. The van der Waals surface area contributed by atoms with E-state index in [2.05, 4.69) is 10.3 Å². The van der Waals surface area contributed by atoms with Crippen LogP contribution in [0, 0.1) is 0 Å². The number of nitrogens with zero attached hydrogens (tertiary/aromatic N) is 2. The molecule has 0 fully saturated rings. The first kappa shape index (κ1) is 23.7. The fraction of sp³-hybridized carbons (Fsp3) is 0.364. The Hall–Kier alpha value is -3.41. The number of thiophene rings is 1. The molecule has 1 aliphatic carbocycles. The highest BCUT2D eigenvalue weighted by Gasteiger charge is 2.38. The van der Waals surface area contributed by atoms with Crippen LogP contribution in [0.15, 0.2) is 24.3 Å². The third-order valence-corrected chi connectivity index (χ3v) is 6.42. The first-order valence-electron chi connectivity index (χ1n) is 10.5. The maximum absolute atomic E-state index is 13.4. The van der Waals surface area contributed by atoms with Crippen molar-refractivity contribution in [2.45, 2.75) is 38.9 Å². The van der Waals surface area contributed by atoms with Crippen LogP contribution in [-0.2, 0) is 44.6 Å². The number of hydrogen-bond acceptors (Lipinski definition) is 7. The lowest BCUT2D eigenvalue weighted by Gasteiger charge is -2.11. The second-order valence-corrected chi connectivity index (χ2v) is 8.60. The lowest BCUT2D eigenvalue weighted by atomic mass is 10.1. The third kappa shape index (κ3) is 4.76. The number of aryl methyl sites for hydroxylation is 1. The van der Waals surface area contributed by atoms with Gasteiger partial charge in [-0.15, -0.1) is 11.3 Å². The van der Waals surface area contributed by atoms with Crippen molar-refractivity contribution in [2.24, 2.45) is 0 Å². The predicted molar refractivity (Wildman–Crippen MR) is 117 cm³/mol. The van der Waals surface area contributed by atoms with Gasteiger partial charge in [0.1, 0.15) is 11.5 Å². The molecular weight excluding hydrogens is 475 g/mol. The van der Waals surface area contributed by atoms with Gasteiger partial charge in [-0.05, 0) is 43.9 Å². The van der Waals surface area contributed by atoms with E-state index in [9.17, 15) is 27.6 Å². The molecule has 1 aliphatic rings. The van der Waals surface area contributed by atoms with Gasteiger partial charge in [0.15, 0.2) is 6.61 Å². The van der Waals surface area contributed by atoms with Crippen LogP contribution in [0.3, 0.4) is 0 Å². The molecule has 3 aromatic rings. The molecule has 0 radical (unpaired) electrons. The number of carbonyl (C=O) groups is 3. The Balaban J connectivity index is 1.43. The topological polar surface area (TPSA) is 99.5 Å². The third-order valence-electron chi connectivity index (χ3n) is 5.21. The summed E-state index contributed by atoms with van der Waals surface area (Å²) in [5, 5.41) is 2.87. The van der Waals surface area contributed by atoms with Gasteiger partial charge in [-0.25, -0.2) is 9.78 Å². The molecule has 0 unspecified atom stereocenters. The average Bonchev–Trinajstić information content (AvgIpc) is 3.45. The molecule has 0 saturated carbocycles. The summed E-state index contributed by atoms with van der Waals surface area (Å²) >= 11 is 1.26. The van der Waals surface area contributed by atoms with E-state index in [1.54, 1.807) is 6.92 Å². The molecule has 2 heterocycles. The average molecular weight is 495 g/mol. The fourth-order valence-electron chi connectivity index (χ4n) is 3.85. The van der Waals surface area contributed by atoms with Crippen molar-refractivity contribution in [3.63, 3.8) is 0 Å². The molecular formula is C22H20F3N3O5S. The first-order valence-corrected chi connectivity index (χ1v) is 11.3. The van der Waals surface area contributed by atoms with Gasteiger partial charge in [0.2, 0.25) is 5.82 Å². The van der Waals surface area contributed by atoms with E-state index in [0.29, 0.717) is 21.6 Å². The molecule has 34 heavy (non-hydrogen) atoms. The lowest BCUT2D eigenvalue weighted by Crippen LogP contribution is -2.25. The zero-order valence-electron chi connectivity index (χ0n) is 18.0. The maximum Gasteiger partial charge on any atom is 0.449 e. The van der Waals surface area contributed by atoms with Crippen molar-refractivity contribution in [3.05, 3.63) is 46.1 Å². The first-order chi connectivity index (χ1) is 16.2. The summed E-state index contributed by atoms with van der Waals surface area (Å²) in [6.45, 7) is 0.356. The molecule has 0 bridgehead atoms. The fourth-order valence-corrected chi connectivity index (χ4v) is 5.14. The van der Waals surface area contributed by atoms with Crippen molar-refractivity contribution < 1.29 is 37.0 Å². The van der Waals surface area contributed by atoms with E-state index < -0.39 is 43.0 Å². The Kier molecular flexibility index (Phi) is 6.60. The number of benzene rings is 1. The van der Waals surface area contributed by atoms with Crippen LogP contribution in [-0.4, -0.2) is 40.6 Å². The molecule has 2 aromatic heterocycles. The number of amides is 1. The van der Waals surface area contributed by atoms with Crippen molar-refractivity contribution in [3.8, 4) is 0 Å². The molecule has 12 heteroatoms. The summed E-state index contributed by atoms with van der Waals surface area (Å²) in [7, 11) is 0. The van der Waals surface area contributed by atoms with Gasteiger partial charge in [0.05, 0.1) is 23.2 Å². The van der Waals surface area contributed by atoms with Gasteiger partial charge >= 0.3 is 18.1 Å². The number of rotatable bonds is 7. The SMILES string of the molecule is CCOC(=O)c1c(NC(=O)COC(=O)Cn2c(C(F)(F)F)nc3ccccc32)sc2c1CCC2. The molecule has 180 valence electrons. The van der Waals surface area contributed by atoms with Crippen LogP contribution in [0.5, 0.6) is 0 Å². The Morgan fingerprint density at radius 2 is 1.94 bits per heavy atom. The lowest BCUT2D eigenvalue weighted by molar-refractivity contribution is -0.152. The Morgan fingerprint density at radius 3 is 2.68 bits per heavy atom. The second-order valence-electron chi connectivity index (χ2n) is 7.50. The highest BCUT2D eigenvalue weighted by Crippen LogP contribution is 2.39. The Bertz CT molecular complexity index is 1260. The summed E-state index contributed by atoms with van der Waals surface area (Å²) in [4.78, 5) is 41.6. The highest BCUT2D eigenvalue weighted by atomic mass is 32.1. The van der Waals surface area contributed by atoms with Gasteiger partial charge in [-0.1, -0.05) is 12.1 Å². The van der Waals surface area contributed by atoms with Gasteiger partial charge in [-0.3, -0.25) is 9.59 Å². The quantitative estimate of drug-likeness (QED) is 0.498. The highest BCUT2D eigenvalue weighted by molar-refractivity contribution is 7.17. The molecule has 1 amide bonds. The summed E-state index contributed by atoms with van der Waals surface area (Å²) < 4.78 is 50.9. The standard InChI is InChI=1S/C22H20F3N3O5S/c1-2-32-20(31)18-12-6-5-9-15(12)34-19(18)27-16(29)11-33-17(30)10-28-14-8-4-3-7-13(14)26-21(28)22(23,24)25/h3-4,7-8H,2,5-6,9-11H2,1H3,(H,27,29). The van der Waals surface area contributed by atoms with Gasteiger partial charge in [-0.2, -0.15) is 13.2 Å². The molecule has 0 atom stereocenters. The second kappa shape index (κ2) is 9.45. The van der Waals surface area contributed by atoms with E-state index in [1.807, 2.05) is 0 Å². The van der Waals surface area contributed by atoms with Gasteiger partial charge < -0.3 is 19.4 Å². The normalized spacial score (nSPS) is 13.1. The van der Waals surface area contributed by atoms with Crippen LogP contribution in [0.4, 0.5) is 18.2 Å². The molecule has 0 spiro atoms. The van der Waals surface area contributed by atoms with Crippen molar-refractivity contribution >= 4 is 45.2 Å². The Labute approximate surface area is 195 Å². The number of esters is 2. The Morgan fingerprint density at radius 1 is 1.18 bits per heavy atom. The van der Waals surface area contributed by atoms with Crippen molar-refractivity contribution in [2.75, 3.05) is 18.5 Å². The molecule has 0 aliphatic heterocycles. The van der Waals surface area contributed by atoms with E-state index >= 15 is 0 Å². The number of aromatic nitrogens is 2. The zero-order chi connectivity index (χ0) is 24.5. The monoisotopic (exact) mass is 495 g/mol. The molecule has 1 aromatic carbocycles. The number of alkyl halides is 3. The van der Waals surface area contributed by atoms with E-state index in [-0.39, 0.29) is 17.6 Å². The number of fused-ring (bicyclic) bond motifs is 2.